The zero-order valence-electron chi connectivity index (χ0n) is 8.91. The molecule has 0 aliphatic carbocycles. The average molecular weight is 239 g/mol. The van der Waals surface area contributed by atoms with E-state index < -0.39 is 0 Å². The third-order valence-corrected chi connectivity index (χ3v) is 2.80. The maximum Gasteiger partial charge on any atom is 0.126 e. The predicted octanol–water partition coefficient (Wildman–Crippen LogP) is 4.25. The Kier molecular flexibility index (Phi) is 3.30. The summed E-state index contributed by atoms with van der Waals surface area (Å²) in [6.45, 7) is 1.86. The molecule has 2 aromatic rings. The van der Waals surface area contributed by atoms with E-state index in [9.17, 15) is 4.39 Å². The molecule has 0 fully saturated rings. The van der Waals surface area contributed by atoms with Gasteiger partial charge in [0.05, 0.1) is 5.38 Å². The largest absolute Gasteiger partial charge is 0.465 e. The van der Waals surface area contributed by atoms with E-state index in [2.05, 4.69) is 0 Å². The second-order valence-electron chi connectivity index (χ2n) is 3.71. The van der Waals surface area contributed by atoms with E-state index in [0.717, 1.165) is 5.76 Å². The molecule has 0 aliphatic heterocycles. The quantitative estimate of drug-likeness (QED) is 0.729. The zero-order chi connectivity index (χ0) is 11.5. The molecule has 16 heavy (non-hydrogen) atoms. The molecule has 0 N–H and O–H groups in total. The fourth-order valence-electron chi connectivity index (χ4n) is 1.58. The van der Waals surface area contributed by atoms with Gasteiger partial charge < -0.3 is 4.42 Å². The third-order valence-electron chi connectivity index (χ3n) is 2.43. The number of halogens is 2. The van der Waals surface area contributed by atoms with Gasteiger partial charge in [0, 0.05) is 0 Å². The van der Waals surface area contributed by atoms with Gasteiger partial charge in [-0.3, -0.25) is 0 Å². The Hall–Kier alpha value is -1.28. The van der Waals surface area contributed by atoms with Gasteiger partial charge >= 0.3 is 0 Å². The summed E-state index contributed by atoms with van der Waals surface area (Å²) in [5.41, 5.74) is 0.608. The van der Waals surface area contributed by atoms with E-state index in [1.54, 1.807) is 18.2 Å². The Morgan fingerprint density at radius 3 is 2.62 bits per heavy atom. The van der Waals surface area contributed by atoms with E-state index in [4.69, 9.17) is 16.0 Å². The van der Waals surface area contributed by atoms with Crippen molar-refractivity contribution in [1.29, 1.82) is 0 Å². The average Bonchev–Trinajstić information content (AvgIpc) is 2.68. The minimum Gasteiger partial charge on any atom is -0.465 e. The Morgan fingerprint density at radius 2 is 2.00 bits per heavy atom. The molecule has 1 unspecified atom stereocenters. The lowest BCUT2D eigenvalue weighted by Crippen LogP contribution is -1.97. The lowest BCUT2D eigenvalue weighted by atomic mass is 10.1. The van der Waals surface area contributed by atoms with Crippen molar-refractivity contribution in [2.24, 2.45) is 0 Å². The summed E-state index contributed by atoms with van der Waals surface area (Å²) in [6, 6.07) is 10.3. The number of aryl methyl sites for hydroxylation is 1. The van der Waals surface area contributed by atoms with Gasteiger partial charge in [0.1, 0.15) is 17.3 Å². The first-order valence-electron chi connectivity index (χ1n) is 5.10. The maximum absolute atomic E-state index is 13.4. The van der Waals surface area contributed by atoms with Crippen molar-refractivity contribution in [1.82, 2.24) is 0 Å². The number of benzene rings is 1. The van der Waals surface area contributed by atoms with Crippen molar-refractivity contribution >= 4 is 11.6 Å². The predicted molar refractivity (Wildman–Crippen MR) is 62.1 cm³/mol. The molecule has 1 atom stereocenters. The minimum atomic E-state index is -0.328. The number of hydrogen-bond donors (Lipinski definition) is 0. The molecule has 0 aliphatic rings. The van der Waals surface area contributed by atoms with Gasteiger partial charge in [-0.15, -0.1) is 11.6 Å². The van der Waals surface area contributed by atoms with Gasteiger partial charge in [-0.05, 0) is 37.1 Å². The van der Waals surface area contributed by atoms with Crippen LogP contribution in [0.4, 0.5) is 4.39 Å². The van der Waals surface area contributed by atoms with E-state index in [0.29, 0.717) is 17.7 Å². The van der Waals surface area contributed by atoms with Crippen LogP contribution in [0.15, 0.2) is 40.8 Å². The highest BCUT2D eigenvalue weighted by molar-refractivity contribution is 6.20. The van der Waals surface area contributed by atoms with Crippen LogP contribution in [-0.2, 0) is 6.42 Å². The van der Waals surface area contributed by atoms with Crippen LogP contribution in [0.3, 0.4) is 0 Å². The number of rotatable bonds is 3. The molecular weight excluding hydrogens is 227 g/mol. The smallest absolute Gasteiger partial charge is 0.126 e. The standard InChI is InChI=1S/C13H12ClFO/c1-9-6-7-13(16-9)11(14)8-10-4-2-3-5-12(10)15/h2-7,11H,8H2,1H3. The second-order valence-corrected chi connectivity index (χ2v) is 4.24. The molecule has 3 heteroatoms. The molecular formula is C13H12ClFO. The van der Waals surface area contributed by atoms with Gasteiger partial charge in [0.25, 0.3) is 0 Å². The number of furan rings is 1. The number of hydrogen-bond acceptors (Lipinski definition) is 1. The fraction of sp³-hybridized carbons (Fsp3) is 0.231. The SMILES string of the molecule is Cc1ccc(C(Cl)Cc2ccccc2F)o1. The first kappa shape index (κ1) is 11.2. The summed E-state index contributed by atoms with van der Waals surface area (Å²) in [5, 5.41) is -0.328. The molecule has 0 bridgehead atoms. The molecule has 1 aromatic carbocycles. The van der Waals surface area contributed by atoms with Crippen molar-refractivity contribution in [2.45, 2.75) is 18.7 Å². The molecule has 0 amide bonds. The van der Waals surface area contributed by atoms with Crippen LogP contribution in [0.5, 0.6) is 0 Å². The highest BCUT2D eigenvalue weighted by Crippen LogP contribution is 2.27. The van der Waals surface area contributed by atoms with Crippen LogP contribution in [0, 0.1) is 12.7 Å². The van der Waals surface area contributed by atoms with Crippen LogP contribution < -0.4 is 0 Å². The normalized spacial score (nSPS) is 12.7. The van der Waals surface area contributed by atoms with Crippen molar-refractivity contribution in [3.05, 3.63) is 59.3 Å². The molecule has 2 rings (SSSR count). The first-order valence-corrected chi connectivity index (χ1v) is 5.54. The van der Waals surface area contributed by atoms with Crippen LogP contribution >= 0.6 is 11.6 Å². The van der Waals surface area contributed by atoms with Gasteiger partial charge in [0.15, 0.2) is 0 Å². The first-order chi connectivity index (χ1) is 7.66. The van der Waals surface area contributed by atoms with E-state index >= 15 is 0 Å². The van der Waals surface area contributed by atoms with Crippen molar-refractivity contribution in [3.8, 4) is 0 Å². The highest BCUT2D eigenvalue weighted by Gasteiger charge is 2.14. The zero-order valence-corrected chi connectivity index (χ0v) is 9.67. The maximum atomic E-state index is 13.4. The third kappa shape index (κ3) is 2.45. The van der Waals surface area contributed by atoms with E-state index in [-0.39, 0.29) is 11.2 Å². The van der Waals surface area contributed by atoms with Crippen molar-refractivity contribution < 1.29 is 8.81 Å². The van der Waals surface area contributed by atoms with E-state index in [1.807, 2.05) is 19.1 Å². The Bertz CT molecular complexity index is 478. The molecule has 1 aromatic heterocycles. The summed E-state index contributed by atoms with van der Waals surface area (Å²) in [5.74, 6) is 1.27. The monoisotopic (exact) mass is 238 g/mol. The van der Waals surface area contributed by atoms with Crippen LogP contribution in [-0.4, -0.2) is 0 Å². The molecule has 0 saturated heterocycles. The molecule has 0 spiro atoms. The lowest BCUT2D eigenvalue weighted by molar-refractivity contribution is 0.475. The minimum absolute atomic E-state index is 0.226. The van der Waals surface area contributed by atoms with Crippen molar-refractivity contribution in [3.63, 3.8) is 0 Å². The fourth-order valence-corrected chi connectivity index (χ4v) is 1.86. The second kappa shape index (κ2) is 4.71. The Morgan fingerprint density at radius 1 is 1.25 bits per heavy atom. The highest BCUT2D eigenvalue weighted by atomic mass is 35.5. The molecule has 84 valence electrons. The topological polar surface area (TPSA) is 13.1 Å². The Labute approximate surface area is 98.8 Å². The molecule has 0 radical (unpaired) electrons. The molecule has 0 saturated carbocycles. The van der Waals surface area contributed by atoms with Gasteiger partial charge in [0.2, 0.25) is 0 Å². The van der Waals surface area contributed by atoms with Gasteiger partial charge in [-0.1, -0.05) is 18.2 Å². The summed E-state index contributed by atoms with van der Waals surface area (Å²) < 4.78 is 18.8. The van der Waals surface area contributed by atoms with Gasteiger partial charge in [-0.2, -0.15) is 0 Å². The van der Waals surface area contributed by atoms with Crippen LogP contribution in [0.2, 0.25) is 0 Å². The summed E-state index contributed by atoms with van der Waals surface area (Å²) in [6.07, 6.45) is 0.432. The Balaban J connectivity index is 2.13. The lowest BCUT2D eigenvalue weighted by Gasteiger charge is -2.07. The number of alkyl halides is 1. The van der Waals surface area contributed by atoms with Crippen LogP contribution in [0.25, 0.3) is 0 Å². The van der Waals surface area contributed by atoms with Crippen molar-refractivity contribution in [2.75, 3.05) is 0 Å². The van der Waals surface area contributed by atoms with Gasteiger partial charge in [-0.25, -0.2) is 4.39 Å². The summed E-state index contributed by atoms with van der Waals surface area (Å²) >= 11 is 6.17. The summed E-state index contributed by atoms with van der Waals surface area (Å²) in [4.78, 5) is 0. The molecule has 1 heterocycles. The van der Waals surface area contributed by atoms with E-state index in [1.165, 1.54) is 6.07 Å². The summed E-state index contributed by atoms with van der Waals surface area (Å²) in [7, 11) is 0. The van der Waals surface area contributed by atoms with Crippen LogP contribution in [0.1, 0.15) is 22.5 Å². The molecule has 1 nitrogen and oxygen atoms in total.